The Bertz CT molecular complexity index is 314. The molecule has 1 aromatic carbocycles. The molecule has 0 fully saturated rings. The number of hydrogen-bond acceptors (Lipinski definition) is 4. The third-order valence-electron chi connectivity index (χ3n) is 1.51. The minimum Gasteiger partial charge on any atom is -0.292 e. The quantitative estimate of drug-likeness (QED) is 0.395. The van der Waals surface area contributed by atoms with E-state index in [1.807, 2.05) is 0 Å². The standard InChI is InChI=1S/C8H8N2O4/c11-7-14-9(10(12)13)6-8-4-2-1-3-5-8/h1-5,7H,6H2. The van der Waals surface area contributed by atoms with Crippen molar-refractivity contribution >= 4 is 6.47 Å². The Morgan fingerprint density at radius 1 is 1.43 bits per heavy atom. The lowest BCUT2D eigenvalue weighted by Crippen LogP contribution is -2.29. The average molecular weight is 196 g/mol. The van der Waals surface area contributed by atoms with Crippen molar-refractivity contribution in [3.05, 3.63) is 46.0 Å². The van der Waals surface area contributed by atoms with Gasteiger partial charge in [0.25, 0.3) is 0 Å². The summed E-state index contributed by atoms with van der Waals surface area (Å²) in [5, 5.41) is 9.91. The number of nitrogens with zero attached hydrogens (tertiary/aromatic N) is 2. The van der Waals surface area contributed by atoms with Gasteiger partial charge in [-0.25, -0.2) is 10.1 Å². The van der Waals surface area contributed by atoms with E-state index in [0.717, 1.165) is 0 Å². The number of benzene rings is 1. The summed E-state index contributed by atoms with van der Waals surface area (Å²) in [6, 6.07) is 8.68. The Morgan fingerprint density at radius 3 is 2.57 bits per heavy atom. The van der Waals surface area contributed by atoms with Gasteiger partial charge in [0, 0.05) is 0 Å². The van der Waals surface area contributed by atoms with Crippen molar-refractivity contribution in [3.8, 4) is 0 Å². The molecule has 0 aromatic heterocycles. The molecular formula is C8H8N2O4. The molecule has 74 valence electrons. The maximum atomic E-state index is 10.3. The minimum atomic E-state index is -0.790. The Kier molecular flexibility index (Phi) is 3.42. The number of hydrazine groups is 1. The normalized spacial score (nSPS) is 9.14. The molecule has 0 saturated heterocycles. The van der Waals surface area contributed by atoms with E-state index in [0.29, 0.717) is 10.7 Å². The number of carbonyl (C=O) groups excluding carboxylic acids is 1. The summed E-state index contributed by atoms with van der Waals surface area (Å²) in [7, 11) is 0. The van der Waals surface area contributed by atoms with Crippen molar-refractivity contribution in [1.82, 2.24) is 5.17 Å². The summed E-state index contributed by atoms with van der Waals surface area (Å²) in [6.45, 7) is -0.0572. The summed E-state index contributed by atoms with van der Waals surface area (Å²) in [6.07, 6.45) is 0. The molecule has 0 N–H and O–H groups in total. The predicted octanol–water partition coefficient (Wildman–Crippen LogP) is 0.768. The van der Waals surface area contributed by atoms with Gasteiger partial charge in [0.1, 0.15) is 6.54 Å². The van der Waals surface area contributed by atoms with Crippen LogP contribution in [0.3, 0.4) is 0 Å². The minimum absolute atomic E-state index is 0.0196. The van der Waals surface area contributed by atoms with E-state index in [1.54, 1.807) is 30.3 Å². The van der Waals surface area contributed by atoms with E-state index in [1.165, 1.54) is 0 Å². The molecule has 0 aliphatic carbocycles. The highest BCUT2D eigenvalue weighted by Gasteiger charge is 2.15. The van der Waals surface area contributed by atoms with Crippen LogP contribution >= 0.6 is 0 Å². The molecule has 0 unspecified atom stereocenters. The number of hydrogen-bond donors (Lipinski definition) is 0. The van der Waals surface area contributed by atoms with Crippen LogP contribution in [0.25, 0.3) is 0 Å². The molecule has 6 heteroatoms. The fourth-order valence-electron chi connectivity index (χ4n) is 0.923. The fourth-order valence-corrected chi connectivity index (χ4v) is 0.923. The van der Waals surface area contributed by atoms with Crippen LogP contribution in [0, 0.1) is 10.1 Å². The smallest absolute Gasteiger partial charge is 0.292 e. The lowest BCUT2D eigenvalue weighted by molar-refractivity contribution is -0.727. The van der Waals surface area contributed by atoms with Crippen molar-refractivity contribution in [3.63, 3.8) is 0 Å². The van der Waals surface area contributed by atoms with E-state index >= 15 is 0 Å². The number of carbonyl (C=O) groups is 1. The van der Waals surface area contributed by atoms with Crippen LogP contribution in [0.1, 0.15) is 5.56 Å². The molecule has 1 aromatic rings. The molecule has 0 spiro atoms. The van der Waals surface area contributed by atoms with Gasteiger partial charge >= 0.3 is 6.47 Å². The van der Waals surface area contributed by atoms with Gasteiger partial charge in [0.15, 0.2) is 5.03 Å². The van der Waals surface area contributed by atoms with Crippen LogP contribution in [0.15, 0.2) is 30.3 Å². The Labute approximate surface area is 79.8 Å². The van der Waals surface area contributed by atoms with Crippen LogP contribution < -0.4 is 0 Å². The maximum absolute atomic E-state index is 10.3. The van der Waals surface area contributed by atoms with E-state index in [9.17, 15) is 14.9 Å². The van der Waals surface area contributed by atoms with E-state index in [4.69, 9.17) is 0 Å². The van der Waals surface area contributed by atoms with Crippen molar-refractivity contribution in [2.75, 3.05) is 0 Å². The topological polar surface area (TPSA) is 72.7 Å². The Hall–Kier alpha value is -2.11. The molecule has 0 atom stereocenters. The second-order valence-corrected chi connectivity index (χ2v) is 2.44. The Balaban J connectivity index is 2.64. The molecule has 14 heavy (non-hydrogen) atoms. The molecular weight excluding hydrogens is 188 g/mol. The summed E-state index contributed by atoms with van der Waals surface area (Å²) < 4.78 is 0. The highest BCUT2D eigenvalue weighted by Crippen LogP contribution is 2.03. The monoisotopic (exact) mass is 196 g/mol. The van der Waals surface area contributed by atoms with Crippen molar-refractivity contribution in [1.29, 1.82) is 0 Å². The van der Waals surface area contributed by atoms with Gasteiger partial charge in [-0.2, -0.15) is 0 Å². The number of rotatable bonds is 5. The summed E-state index contributed by atoms with van der Waals surface area (Å²) in [5.41, 5.74) is 0.686. The second kappa shape index (κ2) is 4.80. The van der Waals surface area contributed by atoms with Crippen molar-refractivity contribution < 1.29 is 14.7 Å². The van der Waals surface area contributed by atoms with Crippen LogP contribution in [0.4, 0.5) is 0 Å². The van der Waals surface area contributed by atoms with Gasteiger partial charge in [-0.1, -0.05) is 30.3 Å². The van der Waals surface area contributed by atoms with Gasteiger partial charge in [-0.3, -0.25) is 9.63 Å². The van der Waals surface area contributed by atoms with Gasteiger partial charge < -0.3 is 0 Å². The first-order chi connectivity index (χ1) is 6.74. The average Bonchev–Trinajstić information content (AvgIpc) is 2.18. The summed E-state index contributed by atoms with van der Waals surface area (Å²) >= 11 is 0. The molecule has 0 bridgehead atoms. The molecule has 0 aliphatic rings. The molecule has 0 amide bonds. The van der Waals surface area contributed by atoms with Gasteiger partial charge in [-0.05, 0) is 5.56 Å². The predicted molar refractivity (Wildman–Crippen MR) is 46.1 cm³/mol. The van der Waals surface area contributed by atoms with Crippen molar-refractivity contribution in [2.24, 2.45) is 0 Å². The molecule has 0 radical (unpaired) electrons. The highest BCUT2D eigenvalue weighted by molar-refractivity contribution is 5.36. The zero-order valence-electron chi connectivity index (χ0n) is 7.20. The second-order valence-electron chi connectivity index (χ2n) is 2.44. The summed E-state index contributed by atoms with van der Waals surface area (Å²) in [5.74, 6) is 0. The number of nitro groups is 1. The third-order valence-corrected chi connectivity index (χ3v) is 1.51. The molecule has 0 heterocycles. The van der Waals surface area contributed by atoms with E-state index in [2.05, 4.69) is 4.84 Å². The highest BCUT2D eigenvalue weighted by atomic mass is 16.8. The third kappa shape index (κ3) is 2.74. The largest absolute Gasteiger partial charge is 0.327 e. The first-order valence-electron chi connectivity index (χ1n) is 3.80. The fraction of sp³-hybridized carbons (Fsp3) is 0.125. The lowest BCUT2D eigenvalue weighted by atomic mass is 10.2. The van der Waals surface area contributed by atoms with Gasteiger partial charge in [0.05, 0.1) is 5.17 Å². The SMILES string of the molecule is O=CON(Cc1ccccc1)[N+](=O)[O-]. The van der Waals surface area contributed by atoms with Gasteiger partial charge in [-0.15, -0.1) is 0 Å². The van der Waals surface area contributed by atoms with Crippen LogP contribution in [0.2, 0.25) is 0 Å². The number of hydroxylamine groups is 1. The first-order valence-corrected chi connectivity index (χ1v) is 3.80. The van der Waals surface area contributed by atoms with Crippen LogP contribution in [-0.4, -0.2) is 16.7 Å². The zero-order valence-corrected chi connectivity index (χ0v) is 7.20. The zero-order chi connectivity index (χ0) is 10.4. The van der Waals surface area contributed by atoms with Crippen LogP contribution in [-0.2, 0) is 16.2 Å². The molecule has 6 nitrogen and oxygen atoms in total. The van der Waals surface area contributed by atoms with Crippen LogP contribution in [0.5, 0.6) is 0 Å². The molecule has 0 aliphatic heterocycles. The van der Waals surface area contributed by atoms with E-state index < -0.39 is 5.03 Å². The molecule has 1 rings (SSSR count). The first kappa shape index (κ1) is 9.97. The maximum Gasteiger partial charge on any atom is 0.327 e. The lowest BCUT2D eigenvalue weighted by Gasteiger charge is -2.08. The van der Waals surface area contributed by atoms with Crippen molar-refractivity contribution in [2.45, 2.75) is 6.54 Å². The summed E-state index contributed by atoms with van der Waals surface area (Å²) in [4.78, 5) is 24.4. The van der Waals surface area contributed by atoms with Gasteiger partial charge in [0.2, 0.25) is 0 Å². The molecule has 0 saturated carbocycles. The Morgan fingerprint density at radius 2 is 2.07 bits per heavy atom. The van der Waals surface area contributed by atoms with E-state index in [-0.39, 0.29) is 13.0 Å².